The van der Waals surface area contributed by atoms with E-state index in [0.717, 1.165) is 5.56 Å². The second kappa shape index (κ2) is 9.82. The van der Waals surface area contributed by atoms with E-state index in [4.69, 9.17) is 0 Å². The van der Waals surface area contributed by atoms with Crippen molar-refractivity contribution in [3.05, 3.63) is 71.5 Å². The number of hydrogen-bond donors (Lipinski definition) is 1. The molecule has 0 spiro atoms. The molecule has 0 aromatic heterocycles. The van der Waals surface area contributed by atoms with Crippen molar-refractivity contribution in [3.8, 4) is 0 Å². The highest BCUT2D eigenvalue weighted by Gasteiger charge is 2.24. The fourth-order valence-electron chi connectivity index (χ4n) is 3.30. The second-order valence-electron chi connectivity index (χ2n) is 6.95. The molecule has 2 aromatic carbocycles. The van der Waals surface area contributed by atoms with Crippen molar-refractivity contribution >= 4 is 17.7 Å². The third kappa shape index (κ3) is 5.63. The number of rotatable bonds is 5. The van der Waals surface area contributed by atoms with E-state index < -0.39 is 5.82 Å². The minimum absolute atomic E-state index is 0.0421. The van der Waals surface area contributed by atoms with Crippen LogP contribution in [0.2, 0.25) is 0 Å². The van der Waals surface area contributed by atoms with Gasteiger partial charge in [-0.3, -0.25) is 14.4 Å². The molecule has 0 unspecified atom stereocenters. The second-order valence-corrected chi connectivity index (χ2v) is 6.95. The maximum Gasteiger partial charge on any atom is 0.256 e. The zero-order chi connectivity index (χ0) is 20.6. The summed E-state index contributed by atoms with van der Waals surface area (Å²) in [7, 11) is 0. The van der Waals surface area contributed by atoms with E-state index in [9.17, 15) is 18.8 Å². The van der Waals surface area contributed by atoms with Crippen LogP contribution in [0.5, 0.6) is 0 Å². The van der Waals surface area contributed by atoms with Gasteiger partial charge < -0.3 is 15.1 Å². The predicted octanol–water partition coefficient (Wildman–Crippen LogP) is 1.86. The van der Waals surface area contributed by atoms with Crippen LogP contribution in [0.25, 0.3) is 0 Å². The molecule has 0 aliphatic carbocycles. The Hall–Kier alpha value is -3.22. The van der Waals surface area contributed by atoms with Crippen molar-refractivity contribution < 1.29 is 18.8 Å². The topological polar surface area (TPSA) is 69.7 Å². The van der Waals surface area contributed by atoms with Crippen LogP contribution >= 0.6 is 0 Å². The highest BCUT2D eigenvalue weighted by Crippen LogP contribution is 2.12. The molecular weight excluding hydrogens is 373 g/mol. The van der Waals surface area contributed by atoms with Gasteiger partial charge in [0.1, 0.15) is 5.82 Å². The minimum Gasteiger partial charge on any atom is -0.347 e. The first-order valence-corrected chi connectivity index (χ1v) is 9.67. The molecule has 1 aliphatic rings. The highest BCUT2D eigenvalue weighted by atomic mass is 19.1. The predicted molar refractivity (Wildman–Crippen MR) is 107 cm³/mol. The van der Waals surface area contributed by atoms with E-state index in [0.29, 0.717) is 32.6 Å². The maximum absolute atomic E-state index is 13.9. The van der Waals surface area contributed by atoms with Gasteiger partial charge in [0, 0.05) is 26.2 Å². The molecule has 152 valence electrons. The minimum atomic E-state index is -0.546. The average molecular weight is 397 g/mol. The van der Waals surface area contributed by atoms with Crippen LogP contribution < -0.4 is 5.32 Å². The molecule has 1 aliphatic heterocycles. The van der Waals surface area contributed by atoms with Gasteiger partial charge in [0.2, 0.25) is 11.8 Å². The molecule has 1 saturated heterocycles. The normalized spacial score (nSPS) is 14.2. The van der Waals surface area contributed by atoms with Crippen LogP contribution in [0, 0.1) is 5.82 Å². The average Bonchev–Trinajstić information content (AvgIpc) is 2.99. The molecule has 1 N–H and O–H groups in total. The van der Waals surface area contributed by atoms with Gasteiger partial charge in [-0.25, -0.2) is 4.39 Å². The zero-order valence-electron chi connectivity index (χ0n) is 16.1. The Morgan fingerprint density at radius 3 is 2.28 bits per heavy atom. The number of carbonyl (C=O) groups excluding carboxylic acids is 3. The van der Waals surface area contributed by atoms with E-state index in [1.165, 1.54) is 12.1 Å². The molecule has 1 heterocycles. The molecule has 7 heteroatoms. The van der Waals surface area contributed by atoms with Crippen LogP contribution in [0.3, 0.4) is 0 Å². The Bertz CT molecular complexity index is 873. The molecule has 3 amide bonds. The molecule has 0 radical (unpaired) electrons. The van der Waals surface area contributed by atoms with Crippen molar-refractivity contribution in [1.29, 1.82) is 0 Å². The van der Waals surface area contributed by atoms with Gasteiger partial charge in [-0.2, -0.15) is 0 Å². The van der Waals surface area contributed by atoms with Crippen LogP contribution in [0.1, 0.15) is 22.3 Å². The Balaban J connectivity index is 1.48. The number of carbonyl (C=O) groups is 3. The summed E-state index contributed by atoms with van der Waals surface area (Å²) in [6.45, 7) is 1.56. The number of nitrogens with zero attached hydrogens (tertiary/aromatic N) is 2. The number of benzene rings is 2. The Kier molecular flexibility index (Phi) is 6.94. The van der Waals surface area contributed by atoms with E-state index in [1.807, 2.05) is 30.3 Å². The lowest BCUT2D eigenvalue weighted by Gasteiger charge is -2.22. The lowest BCUT2D eigenvalue weighted by molar-refractivity contribution is -0.132. The van der Waals surface area contributed by atoms with Crippen molar-refractivity contribution in [2.75, 3.05) is 32.7 Å². The van der Waals surface area contributed by atoms with Gasteiger partial charge in [-0.1, -0.05) is 42.5 Å². The van der Waals surface area contributed by atoms with Crippen molar-refractivity contribution in [1.82, 2.24) is 15.1 Å². The third-order valence-electron chi connectivity index (χ3n) is 4.88. The summed E-state index contributed by atoms with van der Waals surface area (Å²) in [5.41, 5.74) is 0.926. The van der Waals surface area contributed by atoms with Crippen LogP contribution in [-0.4, -0.2) is 60.2 Å². The quantitative estimate of drug-likeness (QED) is 0.837. The summed E-state index contributed by atoms with van der Waals surface area (Å²) in [5, 5.41) is 2.66. The molecule has 6 nitrogen and oxygen atoms in total. The lowest BCUT2D eigenvalue weighted by atomic mass is 10.1. The van der Waals surface area contributed by atoms with E-state index in [1.54, 1.807) is 21.9 Å². The standard InChI is InChI=1S/C22H24FN3O3/c23-19-10-5-4-9-18(19)22(29)26-12-6-11-25(13-14-26)21(28)16-24-20(27)15-17-7-2-1-3-8-17/h1-5,7-10H,6,11-16H2,(H,24,27). The van der Waals surface area contributed by atoms with Crippen LogP contribution in [-0.2, 0) is 16.0 Å². The van der Waals surface area contributed by atoms with E-state index in [2.05, 4.69) is 5.32 Å². The Morgan fingerprint density at radius 2 is 1.52 bits per heavy atom. The number of nitrogens with one attached hydrogen (secondary N) is 1. The van der Waals surface area contributed by atoms with Gasteiger partial charge in [0.05, 0.1) is 18.5 Å². The summed E-state index contributed by atoms with van der Waals surface area (Å²) in [6.07, 6.45) is 0.822. The molecule has 2 aromatic rings. The summed E-state index contributed by atoms with van der Waals surface area (Å²) in [5.74, 6) is -1.31. The fraction of sp³-hybridized carbons (Fsp3) is 0.318. The van der Waals surface area contributed by atoms with Crippen molar-refractivity contribution in [3.63, 3.8) is 0 Å². The van der Waals surface area contributed by atoms with Gasteiger partial charge >= 0.3 is 0 Å². The first kappa shape index (κ1) is 20.5. The fourth-order valence-corrected chi connectivity index (χ4v) is 3.30. The summed E-state index contributed by atoms with van der Waals surface area (Å²) < 4.78 is 13.9. The molecule has 3 rings (SSSR count). The highest BCUT2D eigenvalue weighted by molar-refractivity contribution is 5.94. The Labute approximate surface area is 169 Å². The SMILES string of the molecule is O=C(Cc1ccccc1)NCC(=O)N1CCCN(C(=O)c2ccccc2F)CC1. The van der Waals surface area contributed by atoms with Gasteiger partial charge in [-0.05, 0) is 24.1 Å². The van der Waals surface area contributed by atoms with Crippen LogP contribution in [0.4, 0.5) is 4.39 Å². The number of halogens is 1. The molecule has 0 bridgehead atoms. The molecule has 29 heavy (non-hydrogen) atoms. The van der Waals surface area contributed by atoms with Gasteiger partial charge in [0.25, 0.3) is 5.91 Å². The van der Waals surface area contributed by atoms with Gasteiger partial charge in [0.15, 0.2) is 0 Å². The zero-order valence-corrected chi connectivity index (χ0v) is 16.1. The first-order chi connectivity index (χ1) is 14.0. The molecular formula is C22H24FN3O3. The molecule has 1 fully saturated rings. The Morgan fingerprint density at radius 1 is 0.862 bits per heavy atom. The smallest absolute Gasteiger partial charge is 0.256 e. The maximum atomic E-state index is 13.9. The van der Waals surface area contributed by atoms with Crippen LogP contribution in [0.15, 0.2) is 54.6 Å². The van der Waals surface area contributed by atoms with Gasteiger partial charge in [-0.15, -0.1) is 0 Å². The monoisotopic (exact) mass is 397 g/mol. The number of amides is 3. The summed E-state index contributed by atoms with van der Waals surface area (Å²) in [4.78, 5) is 40.3. The third-order valence-corrected chi connectivity index (χ3v) is 4.88. The molecule has 0 saturated carbocycles. The summed E-state index contributed by atoms with van der Waals surface area (Å²) in [6, 6.07) is 15.2. The summed E-state index contributed by atoms with van der Waals surface area (Å²) >= 11 is 0. The largest absolute Gasteiger partial charge is 0.347 e. The number of hydrogen-bond acceptors (Lipinski definition) is 3. The van der Waals surface area contributed by atoms with E-state index >= 15 is 0 Å². The van der Waals surface area contributed by atoms with Crippen molar-refractivity contribution in [2.24, 2.45) is 0 Å². The molecule has 0 atom stereocenters. The van der Waals surface area contributed by atoms with Crippen molar-refractivity contribution in [2.45, 2.75) is 12.8 Å². The van der Waals surface area contributed by atoms with E-state index in [-0.39, 0.29) is 36.3 Å². The first-order valence-electron chi connectivity index (χ1n) is 9.67. The lowest BCUT2D eigenvalue weighted by Crippen LogP contribution is -2.42.